The maximum absolute atomic E-state index is 11.9. The average molecular weight is 220 g/mol. The molecule has 0 fully saturated rings. The van der Waals surface area contributed by atoms with Gasteiger partial charge in [0, 0.05) is 17.6 Å². The molecule has 3 N–H and O–H groups in total. The molecule has 0 unspecified atom stereocenters. The summed E-state index contributed by atoms with van der Waals surface area (Å²) in [5.41, 5.74) is 8.23. The lowest BCUT2D eigenvalue weighted by molar-refractivity contribution is 0.0945. The minimum absolute atomic E-state index is 0.0558. The van der Waals surface area contributed by atoms with E-state index in [4.69, 9.17) is 5.73 Å². The number of hydrogen-bond donors (Lipinski definition) is 2. The number of nitrogens with two attached hydrogens (primary N) is 1. The fourth-order valence-electron chi connectivity index (χ4n) is 1.38. The Bertz CT molecular complexity index is 391. The third-order valence-corrected chi connectivity index (χ3v) is 2.34. The van der Waals surface area contributed by atoms with E-state index in [1.54, 1.807) is 0 Å². The smallest absolute Gasteiger partial charge is 0.251 e. The molecule has 0 aliphatic rings. The number of carbonyl (C=O) groups is 1. The van der Waals surface area contributed by atoms with E-state index in [1.807, 2.05) is 45.9 Å². The lowest BCUT2D eigenvalue weighted by Gasteiger charge is -2.19. The molecule has 1 amide bonds. The fraction of sp³-hybridized carbons (Fsp3) is 0.462. The molecular weight excluding hydrogens is 200 g/mol. The summed E-state index contributed by atoms with van der Waals surface area (Å²) in [6.45, 7) is 8.15. The summed E-state index contributed by atoms with van der Waals surface area (Å²) in [7, 11) is 0. The Labute approximate surface area is 97.0 Å². The van der Waals surface area contributed by atoms with Crippen LogP contribution in [0.5, 0.6) is 0 Å². The molecule has 0 atom stereocenters. The van der Waals surface area contributed by atoms with Gasteiger partial charge in [0.1, 0.15) is 0 Å². The Morgan fingerprint density at radius 2 is 2.00 bits per heavy atom. The number of hydrogen-bond acceptors (Lipinski definition) is 2. The predicted molar refractivity (Wildman–Crippen MR) is 66.5 cm³/mol. The zero-order valence-electron chi connectivity index (χ0n) is 10.4. The van der Waals surface area contributed by atoms with E-state index in [-0.39, 0.29) is 11.4 Å². The van der Waals surface area contributed by atoms with Crippen LogP contribution in [0.3, 0.4) is 0 Å². The first-order chi connectivity index (χ1) is 7.29. The van der Waals surface area contributed by atoms with Gasteiger partial charge in [0.05, 0.1) is 0 Å². The Kier molecular flexibility index (Phi) is 3.70. The van der Waals surface area contributed by atoms with Gasteiger partial charge in [0.2, 0.25) is 0 Å². The zero-order chi connectivity index (χ0) is 12.3. The van der Waals surface area contributed by atoms with Gasteiger partial charge in [-0.1, -0.05) is 17.7 Å². The van der Waals surface area contributed by atoms with Gasteiger partial charge >= 0.3 is 0 Å². The van der Waals surface area contributed by atoms with Crippen LogP contribution in [0, 0.1) is 13.8 Å². The highest BCUT2D eigenvalue weighted by Gasteiger charge is 2.14. The number of rotatable bonds is 3. The van der Waals surface area contributed by atoms with Crippen LogP contribution in [0.2, 0.25) is 0 Å². The molecule has 0 radical (unpaired) electrons. The maximum Gasteiger partial charge on any atom is 0.251 e. The molecule has 16 heavy (non-hydrogen) atoms. The van der Waals surface area contributed by atoms with Gasteiger partial charge in [-0.05, 0) is 39.3 Å². The Morgan fingerprint density at radius 3 is 2.56 bits per heavy atom. The maximum atomic E-state index is 11.9. The molecule has 0 heterocycles. The van der Waals surface area contributed by atoms with E-state index in [1.165, 1.54) is 0 Å². The molecule has 0 aliphatic heterocycles. The fourth-order valence-corrected chi connectivity index (χ4v) is 1.38. The second kappa shape index (κ2) is 4.66. The number of nitrogens with one attached hydrogen (secondary N) is 1. The van der Waals surface area contributed by atoms with E-state index >= 15 is 0 Å². The van der Waals surface area contributed by atoms with E-state index in [0.29, 0.717) is 6.54 Å². The second-order valence-electron chi connectivity index (χ2n) is 4.99. The highest BCUT2D eigenvalue weighted by Crippen LogP contribution is 2.10. The van der Waals surface area contributed by atoms with Crippen molar-refractivity contribution in [2.24, 2.45) is 5.73 Å². The first-order valence-electron chi connectivity index (χ1n) is 5.44. The lowest BCUT2D eigenvalue weighted by Crippen LogP contribution is -2.45. The van der Waals surface area contributed by atoms with E-state index in [0.717, 1.165) is 16.7 Å². The van der Waals surface area contributed by atoms with Crippen LogP contribution in [-0.2, 0) is 0 Å². The van der Waals surface area contributed by atoms with Crippen molar-refractivity contribution in [1.82, 2.24) is 5.32 Å². The molecule has 0 aliphatic carbocycles. The molecule has 0 aromatic heterocycles. The van der Waals surface area contributed by atoms with E-state index < -0.39 is 0 Å². The molecule has 1 rings (SSSR count). The van der Waals surface area contributed by atoms with Crippen LogP contribution < -0.4 is 11.1 Å². The summed E-state index contributed by atoms with van der Waals surface area (Å²) in [6.07, 6.45) is 0. The molecule has 1 aromatic rings. The van der Waals surface area contributed by atoms with E-state index in [9.17, 15) is 4.79 Å². The Balaban J connectivity index is 2.77. The van der Waals surface area contributed by atoms with Crippen LogP contribution in [0.25, 0.3) is 0 Å². The average Bonchev–Trinajstić information content (AvgIpc) is 2.17. The predicted octanol–water partition coefficient (Wildman–Crippen LogP) is 1.77. The van der Waals surface area contributed by atoms with Crippen molar-refractivity contribution in [3.05, 3.63) is 34.9 Å². The molecule has 0 saturated carbocycles. The molecule has 0 spiro atoms. The van der Waals surface area contributed by atoms with Crippen molar-refractivity contribution in [2.75, 3.05) is 6.54 Å². The van der Waals surface area contributed by atoms with Gasteiger partial charge in [-0.25, -0.2) is 0 Å². The summed E-state index contributed by atoms with van der Waals surface area (Å²) < 4.78 is 0. The van der Waals surface area contributed by atoms with Crippen molar-refractivity contribution < 1.29 is 4.79 Å². The topological polar surface area (TPSA) is 55.1 Å². The molecule has 3 nitrogen and oxygen atoms in total. The van der Waals surface area contributed by atoms with Crippen molar-refractivity contribution in [2.45, 2.75) is 33.2 Å². The number of aryl methyl sites for hydroxylation is 2. The molecule has 0 bridgehead atoms. The van der Waals surface area contributed by atoms with Crippen molar-refractivity contribution >= 4 is 5.91 Å². The van der Waals surface area contributed by atoms with Crippen LogP contribution in [0.1, 0.15) is 35.3 Å². The summed E-state index contributed by atoms with van der Waals surface area (Å²) in [5, 5.41) is 2.84. The van der Waals surface area contributed by atoms with Crippen molar-refractivity contribution in [3.8, 4) is 0 Å². The highest BCUT2D eigenvalue weighted by atomic mass is 16.1. The number of carbonyl (C=O) groups excluding carboxylic acids is 1. The van der Waals surface area contributed by atoms with Gasteiger partial charge in [-0.3, -0.25) is 4.79 Å². The van der Waals surface area contributed by atoms with Gasteiger partial charge in [0.15, 0.2) is 0 Å². The highest BCUT2D eigenvalue weighted by molar-refractivity contribution is 5.95. The summed E-state index contributed by atoms with van der Waals surface area (Å²) >= 11 is 0. The normalized spacial score (nSPS) is 11.3. The minimum Gasteiger partial charge on any atom is -0.350 e. The van der Waals surface area contributed by atoms with Gasteiger partial charge in [0.25, 0.3) is 5.91 Å². The summed E-state index contributed by atoms with van der Waals surface area (Å²) in [6, 6.07) is 5.85. The second-order valence-corrected chi connectivity index (χ2v) is 4.99. The van der Waals surface area contributed by atoms with Crippen LogP contribution in [-0.4, -0.2) is 18.0 Å². The summed E-state index contributed by atoms with van der Waals surface area (Å²) in [4.78, 5) is 11.9. The van der Waals surface area contributed by atoms with E-state index in [2.05, 4.69) is 5.32 Å². The lowest BCUT2D eigenvalue weighted by atomic mass is 10.0. The third-order valence-electron chi connectivity index (χ3n) is 2.34. The third kappa shape index (κ3) is 3.66. The molecule has 1 aromatic carbocycles. The zero-order valence-corrected chi connectivity index (χ0v) is 10.4. The van der Waals surface area contributed by atoms with Crippen LogP contribution in [0.15, 0.2) is 18.2 Å². The van der Waals surface area contributed by atoms with Crippen LogP contribution >= 0.6 is 0 Å². The first-order valence-corrected chi connectivity index (χ1v) is 5.44. The van der Waals surface area contributed by atoms with Crippen LogP contribution in [0.4, 0.5) is 0 Å². The Hall–Kier alpha value is -1.35. The molecule has 0 saturated heterocycles. The molecular formula is C13H20N2O. The van der Waals surface area contributed by atoms with Gasteiger partial charge < -0.3 is 11.1 Å². The quantitative estimate of drug-likeness (QED) is 0.815. The van der Waals surface area contributed by atoms with Gasteiger partial charge in [-0.2, -0.15) is 0 Å². The SMILES string of the molecule is Cc1ccc(C)c(C(=O)NCC(C)(C)N)c1. The molecule has 88 valence electrons. The Morgan fingerprint density at radius 1 is 1.38 bits per heavy atom. The molecule has 3 heteroatoms. The standard InChI is InChI=1S/C13H20N2O/c1-9-5-6-10(2)11(7-9)12(16)15-8-13(3,4)14/h5-7H,8,14H2,1-4H3,(H,15,16). The monoisotopic (exact) mass is 220 g/mol. The first kappa shape index (κ1) is 12.7. The van der Waals surface area contributed by atoms with Gasteiger partial charge in [-0.15, -0.1) is 0 Å². The van der Waals surface area contributed by atoms with Crippen molar-refractivity contribution in [1.29, 1.82) is 0 Å². The summed E-state index contributed by atoms with van der Waals surface area (Å²) in [5.74, 6) is -0.0558. The van der Waals surface area contributed by atoms with Crippen molar-refractivity contribution in [3.63, 3.8) is 0 Å². The number of amides is 1. The number of benzene rings is 1. The minimum atomic E-state index is -0.382. The largest absolute Gasteiger partial charge is 0.350 e.